The highest BCUT2D eigenvalue weighted by molar-refractivity contribution is 6.30. The van der Waals surface area contributed by atoms with Crippen LogP contribution in [0.2, 0.25) is 5.02 Å². The summed E-state index contributed by atoms with van der Waals surface area (Å²) in [6.07, 6.45) is -2.26. The third kappa shape index (κ3) is 5.64. The number of fused-ring (bicyclic) bond motifs is 3. The molecule has 14 heteroatoms. The van der Waals surface area contributed by atoms with Gasteiger partial charge in [0.25, 0.3) is 5.91 Å². The minimum absolute atomic E-state index is 0.0529. The summed E-state index contributed by atoms with van der Waals surface area (Å²) in [6, 6.07) is 5.94. The zero-order chi connectivity index (χ0) is 27.8. The second-order valence-corrected chi connectivity index (χ2v) is 10.2. The number of aliphatic hydroxyl groups excluding tert-OH is 1. The molecule has 1 aromatic carbocycles. The first-order valence-electron chi connectivity index (χ1n) is 12.0. The molecule has 0 radical (unpaired) electrons. The number of nitrogens with zero attached hydrogens (tertiary/aromatic N) is 3. The fourth-order valence-corrected chi connectivity index (χ4v) is 5.29. The molecule has 2 aromatic heterocycles. The Kier molecular flexibility index (Phi) is 7.14. The van der Waals surface area contributed by atoms with E-state index in [4.69, 9.17) is 25.6 Å². The Balaban J connectivity index is 1.18. The molecule has 0 spiro atoms. The fraction of sp³-hybridized carbons (Fsp3) is 0.440. The molecule has 2 N–H and O–H groups in total. The summed E-state index contributed by atoms with van der Waals surface area (Å²) in [4.78, 5) is 20.2. The van der Waals surface area contributed by atoms with Crippen LogP contribution in [-0.2, 0) is 23.0 Å². The molecule has 9 nitrogen and oxygen atoms in total. The van der Waals surface area contributed by atoms with E-state index >= 15 is 0 Å². The van der Waals surface area contributed by atoms with Gasteiger partial charge in [-0.1, -0.05) is 16.8 Å². The van der Waals surface area contributed by atoms with Gasteiger partial charge in [0.15, 0.2) is 13.2 Å². The number of amides is 1. The molecule has 6 rings (SSSR count). The number of alkyl halides is 3. The maximum atomic E-state index is 13.6. The highest BCUT2D eigenvalue weighted by atomic mass is 35.5. The highest BCUT2D eigenvalue weighted by Gasteiger charge is 2.58. The van der Waals surface area contributed by atoms with Crippen LogP contribution in [0.1, 0.15) is 49.5 Å². The van der Waals surface area contributed by atoms with Crippen molar-refractivity contribution in [2.75, 3.05) is 6.61 Å². The molecular formula is C25H23ClF4N4O5. The summed E-state index contributed by atoms with van der Waals surface area (Å²) >= 11 is 5.65. The van der Waals surface area contributed by atoms with Gasteiger partial charge >= 0.3 is 6.18 Å². The van der Waals surface area contributed by atoms with Crippen LogP contribution in [0.3, 0.4) is 0 Å². The Labute approximate surface area is 224 Å². The molecule has 0 saturated heterocycles. The van der Waals surface area contributed by atoms with Crippen molar-refractivity contribution in [1.82, 2.24) is 20.4 Å². The number of carbonyl (C=O) groups is 1. The van der Waals surface area contributed by atoms with Crippen molar-refractivity contribution in [3.05, 3.63) is 64.8 Å². The lowest BCUT2D eigenvalue weighted by molar-refractivity contribution is -0.141. The molecule has 3 aromatic rings. The summed E-state index contributed by atoms with van der Waals surface area (Å²) in [5.74, 6) is -0.625. The van der Waals surface area contributed by atoms with Gasteiger partial charge in [-0.3, -0.25) is 9.78 Å². The zero-order valence-electron chi connectivity index (χ0n) is 20.3. The molecule has 2 heterocycles. The average molecular weight is 571 g/mol. The lowest BCUT2D eigenvalue weighted by Crippen LogP contribution is -2.64. The molecule has 3 aliphatic rings. The Morgan fingerprint density at radius 1 is 1.15 bits per heavy atom. The van der Waals surface area contributed by atoms with E-state index < -0.39 is 40.7 Å². The van der Waals surface area contributed by atoms with Gasteiger partial charge in [0.05, 0.1) is 16.5 Å². The SMILES string of the molecule is O=C(COc1ccc(Cl)c(F)c1)NC12CCC(c3nc(COc4ccnc(C(F)(F)F)c4)no3)(CC1)C(O)C2. The smallest absolute Gasteiger partial charge is 0.433 e. The van der Waals surface area contributed by atoms with Gasteiger partial charge in [-0.2, -0.15) is 18.2 Å². The maximum absolute atomic E-state index is 13.6. The van der Waals surface area contributed by atoms with E-state index in [1.807, 2.05) is 0 Å². The second kappa shape index (κ2) is 10.3. The lowest BCUT2D eigenvalue weighted by atomic mass is 9.55. The first-order valence-corrected chi connectivity index (χ1v) is 12.4. The van der Waals surface area contributed by atoms with Crippen LogP contribution in [0.15, 0.2) is 41.1 Å². The number of hydrogen-bond donors (Lipinski definition) is 2. The number of nitrogens with one attached hydrogen (secondary N) is 1. The molecule has 2 bridgehead atoms. The van der Waals surface area contributed by atoms with Crippen LogP contribution in [0.4, 0.5) is 17.6 Å². The molecule has 1 atom stereocenters. The predicted molar refractivity (Wildman–Crippen MR) is 126 cm³/mol. The van der Waals surface area contributed by atoms with Crippen LogP contribution in [-0.4, -0.2) is 44.4 Å². The lowest BCUT2D eigenvalue weighted by Gasteiger charge is -2.54. The van der Waals surface area contributed by atoms with Crippen molar-refractivity contribution in [1.29, 1.82) is 0 Å². The van der Waals surface area contributed by atoms with E-state index in [2.05, 4.69) is 20.4 Å². The van der Waals surface area contributed by atoms with Gasteiger partial charge in [-0.15, -0.1) is 0 Å². The van der Waals surface area contributed by atoms with Crippen molar-refractivity contribution in [2.45, 2.75) is 61.9 Å². The number of benzene rings is 1. The third-order valence-electron chi connectivity index (χ3n) is 7.27. The van der Waals surface area contributed by atoms with Gasteiger partial charge in [0, 0.05) is 23.9 Å². The quantitative estimate of drug-likeness (QED) is 0.383. The van der Waals surface area contributed by atoms with Crippen molar-refractivity contribution in [3.63, 3.8) is 0 Å². The zero-order valence-corrected chi connectivity index (χ0v) is 21.1. The Bertz CT molecular complexity index is 1360. The van der Waals surface area contributed by atoms with E-state index in [0.717, 1.165) is 18.3 Å². The summed E-state index contributed by atoms with van der Waals surface area (Å²) in [5.41, 5.74) is -2.54. The van der Waals surface area contributed by atoms with E-state index in [0.29, 0.717) is 25.7 Å². The Hall–Kier alpha value is -3.45. The van der Waals surface area contributed by atoms with Crippen molar-refractivity contribution in [2.24, 2.45) is 0 Å². The van der Waals surface area contributed by atoms with Crippen LogP contribution in [0.25, 0.3) is 0 Å². The number of hydrogen-bond acceptors (Lipinski definition) is 8. The van der Waals surface area contributed by atoms with Gasteiger partial charge < -0.3 is 24.4 Å². The molecule has 208 valence electrons. The fourth-order valence-electron chi connectivity index (χ4n) is 5.18. The van der Waals surface area contributed by atoms with Crippen LogP contribution < -0.4 is 14.8 Å². The van der Waals surface area contributed by atoms with Crippen molar-refractivity contribution in [3.8, 4) is 11.5 Å². The molecule has 1 amide bonds. The molecule has 39 heavy (non-hydrogen) atoms. The van der Waals surface area contributed by atoms with E-state index in [-0.39, 0.29) is 47.9 Å². The summed E-state index contributed by atoms with van der Waals surface area (Å²) < 4.78 is 68.4. The van der Waals surface area contributed by atoms with Gasteiger partial charge in [0.1, 0.15) is 23.0 Å². The average Bonchev–Trinajstić information content (AvgIpc) is 3.38. The monoisotopic (exact) mass is 570 g/mol. The molecule has 3 fully saturated rings. The summed E-state index contributed by atoms with van der Waals surface area (Å²) in [5, 5.41) is 17.8. The molecule has 3 aliphatic carbocycles. The number of rotatable bonds is 8. The molecule has 1 unspecified atom stereocenters. The van der Waals surface area contributed by atoms with Gasteiger partial charge in [-0.25, -0.2) is 4.39 Å². The van der Waals surface area contributed by atoms with Gasteiger partial charge in [0.2, 0.25) is 11.7 Å². The molecular weight excluding hydrogens is 548 g/mol. The normalized spacial score (nSPS) is 24.4. The molecule has 0 aliphatic heterocycles. The largest absolute Gasteiger partial charge is 0.485 e. The topological polar surface area (TPSA) is 120 Å². The number of pyridine rings is 1. The summed E-state index contributed by atoms with van der Waals surface area (Å²) in [6.45, 7) is -0.576. The van der Waals surface area contributed by atoms with Gasteiger partial charge in [-0.05, 0) is 50.3 Å². The van der Waals surface area contributed by atoms with Crippen LogP contribution in [0.5, 0.6) is 11.5 Å². The number of aromatic nitrogens is 3. The Morgan fingerprint density at radius 3 is 2.59 bits per heavy atom. The predicted octanol–water partition coefficient (Wildman–Crippen LogP) is 4.37. The minimum Gasteiger partial charge on any atom is -0.485 e. The van der Waals surface area contributed by atoms with Crippen molar-refractivity contribution >= 4 is 17.5 Å². The molecule has 3 saturated carbocycles. The standard InChI is InChI=1S/C25H23ClF4N4O5/c26-16-2-1-14(9-17(16)27)38-13-21(36)33-23-4-6-24(7-5-23,19(35)11-23)22-32-20(34-39-22)12-37-15-3-8-31-18(10-15)25(28,29)30/h1-3,8-10,19,35H,4-7,11-13H2,(H,33,36). The number of aliphatic hydroxyl groups is 1. The first kappa shape index (κ1) is 27.1. The van der Waals surface area contributed by atoms with Crippen LogP contribution in [0, 0.1) is 5.82 Å². The maximum Gasteiger partial charge on any atom is 0.433 e. The summed E-state index contributed by atoms with van der Waals surface area (Å²) in [7, 11) is 0. The number of halogens is 5. The van der Waals surface area contributed by atoms with E-state index in [1.165, 1.54) is 18.2 Å². The third-order valence-corrected chi connectivity index (χ3v) is 7.58. The Morgan fingerprint density at radius 2 is 1.90 bits per heavy atom. The highest BCUT2D eigenvalue weighted by Crippen LogP contribution is 2.53. The van der Waals surface area contributed by atoms with Crippen molar-refractivity contribution < 1.29 is 41.5 Å². The number of ether oxygens (including phenoxy) is 2. The van der Waals surface area contributed by atoms with E-state index in [1.54, 1.807) is 0 Å². The first-order chi connectivity index (χ1) is 18.5. The van der Waals surface area contributed by atoms with Crippen LogP contribution >= 0.6 is 11.6 Å². The number of carbonyl (C=O) groups excluding carboxylic acids is 1. The minimum atomic E-state index is -4.60. The van der Waals surface area contributed by atoms with E-state index in [9.17, 15) is 27.5 Å². The second-order valence-electron chi connectivity index (χ2n) is 9.75.